The van der Waals surface area contributed by atoms with E-state index in [1.165, 1.54) is 11.3 Å². The Labute approximate surface area is 119 Å². The summed E-state index contributed by atoms with van der Waals surface area (Å²) in [6.45, 7) is 11.7. The van der Waals surface area contributed by atoms with Gasteiger partial charge in [0.1, 0.15) is 5.41 Å². The SMILES string of the molecule is CCC(C)CN(CC)c1nc(C(C)(C)C(=O)O)cs1. The van der Waals surface area contributed by atoms with Crippen molar-refractivity contribution in [2.24, 2.45) is 5.92 Å². The van der Waals surface area contributed by atoms with E-state index in [1.807, 2.05) is 5.38 Å². The van der Waals surface area contributed by atoms with Gasteiger partial charge < -0.3 is 10.0 Å². The van der Waals surface area contributed by atoms with Gasteiger partial charge in [-0.1, -0.05) is 20.3 Å². The highest BCUT2D eigenvalue weighted by molar-refractivity contribution is 7.13. The van der Waals surface area contributed by atoms with Crippen LogP contribution in [0.25, 0.3) is 0 Å². The highest BCUT2D eigenvalue weighted by Gasteiger charge is 2.32. The van der Waals surface area contributed by atoms with E-state index in [2.05, 4.69) is 30.7 Å². The molecule has 1 aromatic rings. The van der Waals surface area contributed by atoms with Crippen LogP contribution in [0.2, 0.25) is 0 Å². The molecule has 4 nitrogen and oxygen atoms in total. The van der Waals surface area contributed by atoms with Crippen molar-refractivity contribution in [2.75, 3.05) is 18.0 Å². The molecular formula is C14H24N2O2S. The number of rotatable bonds is 7. The van der Waals surface area contributed by atoms with Crippen LogP contribution in [-0.4, -0.2) is 29.1 Å². The van der Waals surface area contributed by atoms with Gasteiger partial charge in [0.05, 0.1) is 5.69 Å². The summed E-state index contributed by atoms with van der Waals surface area (Å²) in [4.78, 5) is 18.0. The van der Waals surface area contributed by atoms with Crippen LogP contribution in [0.15, 0.2) is 5.38 Å². The number of carboxylic acid groups (broad SMARTS) is 1. The molecule has 0 spiro atoms. The molecule has 0 amide bonds. The zero-order valence-corrected chi connectivity index (χ0v) is 13.3. The Morgan fingerprint density at radius 2 is 2.16 bits per heavy atom. The van der Waals surface area contributed by atoms with E-state index in [0.29, 0.717) is 11.6 Å². The molecule has 1 rings (SSSR count). The Bertz CT molecular complexity index is 429. The lowest BCUT2D eigenvalue weighted by molar-refractivity contribution is -0.142. The monoisotopic (exact) mass is 284 g/mol. The van der Waals surface area contributed by atoms with Gasteiger partial charge in [0.25, 0.3) is 0 Å². The van der Waals surface area contributed by atoms with Crippen LogP contribution in [0.1, 0.15) is 46.7 Å². The fourth-order valence-electron chi connectivity index (χ4n) is 1.65. The van der Waals surface area contributed by atoms with Gasteiger partial charge in [-0.2, -0.15) is 0 Å². The lowest BCUT2D eigenvalue weighted by Gasteiger charge is -2.23. The Morgan fingerprint density at radius 1 is 1.53 bits per heavy atom. The third kappa shape index (κ3) is 3.69. The van der Waals surface area contributed by atoms with Crippen molar-refractivity contribution in [2.45, 2.75) is 46.5 Å². The Kier molecular flexibility index (Phi) is 5.35. The third-order valence-corrected chi connectivity index (χ3v) is 4.45. The van der Waals surface area contributed by atoms with Crippen LogP contribution >= 0.6 is 11.3 Å². The maximum atomic E-state index is 11.2. The first-order valence-electron chi connectivity index (χ1n) is 6.77. The summed E-state index contributed by atoms with van der Waals surface area (Å²) in [7, 11) is 0. The van der Waals surface area contributed by atoms with Gasteiger partial charge in [-0.3, -0.25) is 4.79 Å². The van der Waals surface area contributed by atoms with E-state index in [1.54, 1.807) is 13.8 Å². The first kappa shape index (κ1) is 16.0. The number of anilines is 1. The molecule has 0 aliphatic rings. The smallest absolute Gasteiger partial charge is 0.315 e. The number of hydrogen-bond acceptors (Lipinski definition) is 4. The summed E-state index contributed by atoms with van der Waals surface area (Å²) < 4.78 is 0. The van der Waals surface area contributed by atoms with Gasteiger partial charge in [-0.05, 0) is 26.7 Å². The second-order valence-corrected chi connectivity index (χ2v) is 6.33. The molecule has 0 aliphatic carbocycles. The summed E-state index contributed by atoms with van der Waals surface area (Å²) in [5.41, 5.74) is -0.285. The van der Waals surface area contributed by atoms with Crippen molar-refractivity contribution in [3.05, 3.63) is 11.1 Å². The van der Waals surface area contributed by atoms with E-state index in [4.69, 9.17) is 0 Å². The maximum Gasteiger partial charge on any atom is 0.315 e. The zero-order valence-electron chi connectivity index (χ0n) is 12.4. The Balaban J connectivity index is 2.91. The molecule has 1 unspecified atom stereocenters. The number of hydrogen-bond donors (Lipinski definition) is 1. The van der Waals surface area contributed by atoms with E-state index < -0.39 is 11.4 Å². The van der Waals surface area contributed by atoms with E-state index >= 15 is 0 Å². The van der Waals surface area contributed by atoms with Crippen LogP contribution in [0.4, 0.5) is 5.13 Å². The first-order chi connectivity index (χ1) is 8.82. The highest BCUT2D eigenvalue weighted by atomic mass is 32.1. The maximum absolute atomic E-state index is 11.2. The van der Waals surface area contributed by atoms with Gasteiger partial charge in [0.2, 0.25) is 0 Å². The van der Waals surface area contributed by atoms with Crippen LogP contribution in [0.5, 0.6) is 0 Å². The number of thiazole rings is 1. The average molecular weight is 284 g/mol. The normalized spacial score (nSPS) is 13.3. The molecule has 1 atom stereocenters. The lowest BCUT2D eigenvalue weighted by atomic mass is 9.90. The van der Waals surface area contributed by atoms with E-state index in [0.717, 1.165) is 24.6 Å². The lowest BCUT2D eigenvalue weighted by Crippen LogP contribution is -2.30. The Hall–Kier alpha value is -1.10. The molecule has 0 aliphatic heterocycles. The van der Waals surface area contributed by atoms with Crippen molar-refractivity contribution >= 4 is 22.4 Å². The van der Waals surface area contributed by atoms with Gasteiger partial charge in [0.15, 0.2) is 5.13 Å². The molecule has 1 heterocycles. The largest absolute Gasteiger partial charge is 0.481 e. The number of aromatic nitrogens is 1. The first-order valence-corrected chi connectivity index (χ1v) is 7.65. The van der Waals surface area contributed by atoms with Crippen LogP contribution in [-0.2, 0) is 10.2 Å². The van der Waals surface area contributed by atoms with Gasteiger partial charge >= 0.3 is 5.97 Å². The van der Waals surface area contributed by atoms with Gasteiger partial charge in [-0.15, -0.1) is 11.3 Å². The number of carboxylic acids is 1. The summed E-state index contributed by atoms with van der Waals surface area (Å²) in [5, 5.41) is 12.0. The average Bonchev–Trinajstić information content (AvgIpc) is 2.85. The molecular weight excluding hydrogens is 260 g/mol. The third-order valence-electron chi connectivity index (χ3n) is 3.55. The quantitative estimate of drug-likeness (QED) is 0.834. The van der Waals surface area contributed by atoms with Crippen molar-refractivity contribution in [1.29, 1.82) is 0 Å². The molecule has 108 valence electrons. The summed E-state index contributed by atoms with van der Waals surface area (Å²) >= 11 is 1.53. The van der Waals surface area contributed by atoms with Crippen molar-refractivity contribution < 1.29 is 9.90 Å². The zero-order chi connectivity index (χ0) is 14.6. The standard InChI is InChI=1S/C14H24N2O2S/c1-6-10(3)8-16(7-2)13-15-11(9-19-13)14(4,5)12(17)18/h9-10H,6-8H2,1-5H3,(H,17,18). The van der Waals surface area contributed by atoms with Crippen LogP contribution in [0, 0.1) is 5.92 Å². The summed E-state index contributed by atoms with van der Waals surface area (Å²) in [5.74, 6) is -0.228. The Morgan fingerprint density at radius 3 is 2.63 bits per heavy atom. The van der Waals surface area contributed by atoms with Gasteiger partial charge in [0, 0.05) is 18.5 Å². The highest BCUT2D eigenvalue weighted by Crippen LogP contribution is 2.29. The molecule has 0 saturated carbocycles. The predicted molar refractivity (Wildman–Crippen MR) is 80.1 cm³/mol. The minimum atomic E-state index is -0.926. The molecule has 0 radical (unpaired) electrons. The van der Waals surface area contributed by atoms with Crippen molar-refractivity contribution in [3.63, 3.8) is 0 Å². The molecule has 19 heavy (non-hydrogen) atoms. The minimum absolute atomic E-state index is 0.611. The summed E-state index contributed by atoms with van der Waals surface area (Å²) in [6.07, 6.45) is 1.13. The van der Waals surface area contributed by atoms with Crippen molar-refractivity contribution in [1.82, 2.24) is 4.98 Å². The number of carbonyl (C=O) groups is 1. The second-order valence-electron chi connectivity index (χ2n) is 5.50. The topological polar surface area (TPSA) is 53.4 Å². The molecule has 5 heteroatoms. The van der Waals surface area contributed by atoms with Crippen LogP contribution in [0.3, 0.4) is 0 Å². The molecule has 0 saturated heterocycles. The summed E-state index contributed by atoms with van der Waals surface area (Å²) in [6, 6.07) is 0. The fourth-order valence-corrected chi connectivity index (χ4v) is 2.72. The van der Waals surface area contributed by atoms with E-state index in [9.17, 15) is 9.90 Å². The molecule has 0 bridgehead atoms. The molecule has 0 aromatic carbocycles. The fraction of sp³-hybridized carbons (Fsp3) is 0.714. The predicted octanol–water partition coefficient (Wildman–Crippen LogP) is 3.38. The van der Waals surface area contributed by atoms with E-state index in [-0.39, 0.29) is 0 Å². The van der Waals surface area contributed by atoms with Gasteiger partial charge in [-0.25, -0.2) is 4.98 Å². The van der Waals surface area contributed by atoms with Crippen LogP contribution < -0.4 is 4.90 Å². The number of nitrogens with zero attached hydrogens (tertiary/aromatic N) is 2. The number of aliphatic carboxylic acids is 1. The molecule has 1 aromatic heterocycles. The van der Waals surface area contributed by atoms with Crippen molar-refractivity contribution in [3.8, 4) is 0 Å². The second kappa shape index (κ2) is 6.37. The molecule has 0 fully saturated rings. The minimum Gasteiger partial charge on any atom is -0.481 e. The molecule has 1 N–H and O–H groups in total.